The van der Waals surface area contributed by atoms with Crippen LogP contribution >= 0.6 is 0 Å². The zero-order valence-electron chi connectivity index (χ0n) is 12.8. The number of hydrogen-bond donors (Lipinski definition) is 1. The van der Waals surface area contributed by atoms with Gasteiger partial charge in [-0.2, -0.15) is 0 Å². The molecule has 18 heavy (non-hydrogen) atoms. The van der Waals surface area contributed by atoms with Gasteiger partial charge in [-0.15, -0.1) is 0 Å². The van der Waals surface area contributed by atoms with Crippen LogP contribution in [0.3, 0.4) is 0 Å². The molecule has 0 saturated heterocycles. The molecule has 0 fully saturated rings. The van der Waals surface area contributed by atoms with E-state index in [1.54, 1.807) is 0 Å². The molecule has 0 aromatic heterocycles. The van der Waals surface area contributed by atoms with Crippen molar-refractivity contribution in [3.63, 3.8) is 0 Å². The lowest BCUT2D eigenvalue weighted by molar-refractivity contribution is -0.196. The van der Waals surface area contributed by atoms with Gasteiger partial charge >= 0.3 is 0 Å². The normalized spacial score (nSPS) is 14.8. The van der Waals surface area contributed by atoms with Gasteiger partial charge in [-0.05, 0) is 54.4 Å². The number of rotatable bonds is 10. The number of ether oxygens (including phenoxy) is 3. The third-order valence-corrected chi connectivity index (χ3v) is 2.80. The zero-order chi connectivity index (χ0) is 14.2. The van der Waals surface area contributed by atoms with Crippen LogP contribution < -0.4 is 0 Å². The van der Waals surface area contributed by atoms with Crippen LogP contribution in [0.15, 0.2) is 0 Å². The van der Waals surface area contributed by atoms with Gasteiger partial charge in [-0.3, -0.25) is 0 Å². The maximum atomic E-state index is 8.92. The molecule has 4 heteroatoms. The van der Waals surface area contributed by atoms with Crippen LogP contribution in [-0.4, -0.2) is 42.4 Å². The maximum Gasteiger partial charge on any atom is 0.155 e. The summed E-state index contributed by atoms with van der Waals surface area (Å²) in [6.07, 6.45) is 1.23. The smallest absolute Gasteiger partial charge is 0.155 e. The molecule has 0 aromatic rings. The Morgan fingerprint density at radius 3 is 2.17 bits per heavy atom. The van der Waals surface area contributed by atoms with E-state index in [2.05, 4.69) is 0 Å². The standard InChI is InChI=1S/C14H30O4/c1-7-16-12(2)18-14(5,6)9-11-17-13(3,4)8-10-15/h12,15H,7-11H2,1-6H3. The minimum atomic E-state index is -0.281. The largest absolute Gasteiger partial charge is 0.396 e. The SMILES string of the molecule is CCOC(C)OC(C)(C)CCOC(C)(C)CCO. The van der Waals surface area contributed by atoms with Crippen LogP contribution in [0.25, 0.3) is 0 Å². The summed E-state index contributed by atoms with van der Waals surface area (Å²) in [5, 5.41) is 8.92. The third-order valence-electron chi connectivity index (χ3n) is 2.80. The molecule has 0 spiro atoms. The molecule has 0 aliphatic carbocycles. The van der Waals surface area contributed by atoms with Gasteiger partial charge in [0.05, 0.1) is 17.8 Å². The van der Waals surface area contributed by atoms with Gasteiger partial charge < -0.3 is 19.3 Å². The predicted octanol–water partition coefficient (Wildman–Crippen LogP) is 2.73. The van der Waals surface area contributed by atoms with Crippen molar-refractivity contribution in [2.45, 2.75) is 71.9 Å². The molecule has 1 atom stereocenters. The molecule has 0 bridgehead atoms. The molecule has 0 aliphatic rings. The Labute approximate surface area is 112 Å². The molecule has 4 nitrogen and oxygen atoms in total. The van der Waals surface area contributed by atoms with Crippen molar-refractivity contribution in [2.75, 3.05) is 19.8 Å². The summed E-state index contributed by atoms with van der Waals surface area (Å²) >= 11 is 0. The van der Waals surface area contributed by atoms with E-state index in [0.29, 0.717) is 19.6 Å². The topological polar surface area (TPSA) is 47.9 Å². The first-order valence-corrected chi connectivity index (χ1v) is 6.76. The Kier molecular flexibility index (Phi) is 8.03. The van der Waals surface area contributed by atoms with Crippen molar-refractivity contribution in [2.24, 2.45) is 0 Å². The van der Waals surface area contributed by atoms with E-state index in [0.717, 1.165) is 6.42 Å². The summed E-state index contributed by atoms with van der Waals surface area (Å²) < 4.78 is 16.9. The van der Waals surface area contributed by atoms with Crippen LogP contribution in [0.5, 0.6) is 0 Å². The second kappa shape index (κ2) is 8.10. The Hall–Kier alpha value is -0.160. The van der Waals surface area contributed by atoms with E-state index >= 15 is 0 Å². The fraction of sp³-hybridized carbons (Fsp3) is 1.00. The van der Waals surface area contributed by atoms with Crippen LogP contribution in [0.2, 0.25) is 0 Å². The monoisotopic (exact) mass is 262 g/mol. The maximum absolute atomic E-state index is 8.92. The summed E-state index contributed by atoms with van der Waals surface area (Å²) in [5.41, 5.74) is -0.555. The van der Waals surface area contributed by atoms with Crippen LogP contribution in [0, 0.1) is 0 Å². The molecule has 0 amide bonds. The molecule has 0 aliphatic heterocycles. The summed E-state index contributed by atoms with van der Waals surface area (Å²) in [7, 11) is 0. The number of hydrogen-bond acceptors (Lipinski definition) is 4. The second-order valence-electron chi connectivity index (χ2n) is 5.73. The van der Waals surface area contributed by atoms with Crippen LogP contribution in [0.4, 0.5) is 0 Å². The molecule has 0 radical (unpaired) electrons. The quantitative estimate of drug-likeness (QED) is 0.615. The number of aliphatic hydroxyl groups excluding tert-OH is 1. The summed E-state index contributed by atoms with van der Waals surface area (Å²) in [6, 6.07) is 0. The van der Waals surface area contributed by atoms with Crippen molar-refractivity contribution in [1.29, 1.82) is 0 Å². The fourth-order valence-corrected chi connectivity index (χ4v) is 1.69. The van der Waals surface area contributed by atoms with Gasteiger partial charge in [-0.1, -0.05) is 0 Å². The molecule has 1 N–H and O–H groups in total. The average Bonchev–Trinajstić information content (AvgIpc) is 2.15. The average molecular weight is 262 g/mol. The molecular formula is C14H30O4. The fourth-order valence-electron chi connectivity index (χ4n) is 1.69. The molecule has 0 aromatic carbocycles. The minimum absolute atomic E-state index is 0.147. The van der Waals surface area contributed by atoms with Crippen molar-refractivity contribution in [3.8, 4) is 0 Å². The van der Waals surface area contributed by atoms with E-state index in [4.69, 9.17) is 19.3 Å². The van der Waals surface area contributed by atoms with Gasteiger partial charge in [-0.25, -0.2) is 0 Å². The Bertz CT molecular complexity index is 214. The van der Waals surface area contributed by atoms with E-state index in [9.17, 15) is 0 Å². The van der Waals surface area contributed by atoms with Crippen molar-refractivity contribution in [1.82, 2.24) is 0 Å². The van der Waals surface area contributed by atoms with Gasteiger partial charge in [0, 0.05) is 13.2 Å². The first-order valence-electron chi connectivity index (χ1n) is 6.76. The number of aliphatic hydroxyl groups is 1. The third kappa shape index (κ3) is 8.86. The first-order chi connectivity index (χ1) is 8.22. The second-order valence-corrected chi connectivity index (χ2v) is 5.73. The molecule has 110 valence electrons. The summed E-state index contributed by atoms with van der Waals surface area (Å²) in [4.78, 5) is 0. The summed E-state index contributed by atoms with van der Waals surface area (Å²) in [5.74, 6) is 0. The Balaban J connectivity index is 3.96. The van der Waals surface area contributed by atoms with Crippen molar-refractivity contribution >= 4 is 0 Å². The zero-order valence-corrected chi connectivity index (χ0v) is 12.8. The Morgan fingerprint density at radius 1 is 1.06 bits per heavy atom. The lowest BCUT2D eigenvalue weighted by Gasteiger charge is -2.31. The van der Waals surface area contributed by atoms with Gasteiger partial charge in [0.25, 0.3) is 0 Å². The predicted molar refractivity (Wildman–Crippen MR) is 72.6 cm³/mol. The van der Waals surface area contributed by atoms with E-state index < -0.39 is 0 Å². The highest BCUT2D eigenvalue weighted by atomic mass is 16.7. The van der Waals surface area contributed by atoms with Crippen LogP contribution in [-0.2, 0) is 14.2 Å². The van der Waals surface area contributed by atoms with Gasteiger partial charge in [0.15, 0.2) is 6.29 Å². The first kappa shape index (κ1) is 17.8. The van der Waals surface area contributed by atoms with Crippen molar-refractivity contribution < 1.29 is 19.3 Å². The lowest BCUT2D eigenvalue weighted by atomic mass is 10.0. The van der Waals surface area contributed by atoms with E-state index in [1.807, 2.05) is 41.5 Å². The van der Waals surface area contributed by atoms with Gasteiger partial charge in [0.2, 0.25) is 0 Å². The van der Waals surface area contributed by atoms with Crippen molar-refractivity contribution in [3.05, 3.63) is 0 Å². The highest BCUT2D eigenvalue weighted by Gasteiger charge is 2.24. The Morgan fingerprint density at radius 2 is 1.67 bits per heavy atom. The lowest BCUT2D eigenvalue weighted by Crippen LogP contribution is -2.34. The molecular weight excluding hydrogens is 232 g/mol. The summed E-state index contributed by atoms with van der Waals surface area (Å²) in [6.45, 7) is 13.3. The molecule has 1 unspecified atom stereocenters. The highest BCUT2D eigenvalue weighted by molar-refractivity contribution is 4.72. The highest BCUT2D eigenvalue weighted by Crippen LogP contribution is 2.20. The van der Waals surface area contributed by atoms with E-state index in [-0.39, 0.29) is 24.1 Å². The van der Waals surface area contributed by atoms with Crippen LogP contribution in [0.1, 0.15) is 54.4 Å². The molecule has 0 saturated carbocycles. The van der Waals surface area contributed by atoms with Gasteiger partial charge in [0.1, 0.15) is 0 Å². The van der Waals surface area contributed by atoms with E-state index in [1.165, 1.54) is 0 Å². The minimum Gasteiger partial charge on any atom is -0.396 e. The molecule has 0 rings (SSSR count). The molecule has 0 heterocycles.